The van der Waals surface area contributed by atoms with Gasteiger partial charge in [0.25, 0.3) is 0 Å². The molecule has 28 heavy (non-hydrogen) atoms. The van der Waals surface area contributed by atoms with Crippen LogP contribution in [0.2, 0.25) is 0 Å². The summed E-state index contributed by atoms with van der Waals surface area (Å²) in [4.78, 5) is 13.3. The smallest absolute Gasteiger partial charge is 0.235 e. The summed E-state index contributed by atoms with van der Waals surface area (Å²) in [5.74, 6) is 0.944. The average Bonchev–Trinajstić information content (AvgIpc) is 3.18. The Morgan fingerprint density at radius 1 is 1.18 bits per heavy atom. The highest BCUT2D eigenvalue weighted by Gasteiger charge is 2.42. The van der Waals surface area contributed by atoms with Gasteiger partial charge in [0.2, 0.25) is 5.91 Å². The van der Waals surface area contributed by atoms with Crippen LogP contribution in [0.5, 0.6) is 5.75 Å². The molecule has 1 N–H and O–H groups in total. The first-order chi connectivity index (χ1) is 13.4. The standard InChI is InChI=1S/C24H28N2O2/c1-17(2)16-28-22-11-10-21(14-19(22)15-25)26-23(27)24(12-4-5-13-24)20-8-6-18(3)7-9-20/h6-11,14,17H,4-5,12-13,16H2,1-3H3,(H,26,27). The van der Waals surface area contributed by atoms with Crippen LogP contribution in [0.15, 0.2) is 42.5 Å². The molecular weight excluding hydrogens is 348 g/mol. The predicted molar refractivity (Wildman–Crippen MR) is 111 cm³/mol. The van der Waals surface area contributed by atoms with Crippen LogP contribution >= 0.6 is 0 Å². The number of carbonyl (C=O) groups excluding carboxylic acids is 1. The molecule has 3 rings (SSSR count). The fourth-order valence-corrected chi connectivity index (χ4v) is 3.83. The van der Waals surface area contributed by atoms with Crippen molar-refractivity contribution in [3.63, 3.8) is 0 Å². The van der Waals surface area contributed by atoms with E-state index in [0.717, 1.165) is 31.2 Å². The van der Waals surface area contributed by atoms with E-state index in [9.17, 15) is 10.1 Å². The third-order valence-corrected chi connectivity index (χ3v) is 5.43. The predicted octanol–water partition coefficient (Wildman–Crippen LogP) is 5.35. The zero-order valence-electron chi connectivity index (χ0n) is 16.9. The Bertz CT molecular complexity index is 872. The minimum atomic E-state index is -0.493. The second-order valence-electron chi connectivity index (χ2n) is 8.14. The molecule has 1 aliphatic rings. The molecule has 1 saturated carbocycles. The van der Waals surface area contributed by atoms with Crippen molar-refractivity contribution in [3.8, 4) is 11.8 Å². The maximum atomic E-state index is 13.3. The van der Waals surface area contributed by atoms with Gasteiger partial charge in [0.15, 0.2) is 0 Å². The van der Waals surface area contributed by atoms with Gasteiger partial charge in [-0.3, -0.25) is 4.79 Å². The van der Waals surface area contributed by atoms with Crippen molar-refractivity contribution in [2.45, 2.75) is 51.9 Å². The van der Waals surface area contributed by atoms with Gasteiger partial charge in [0, 0.05) is 5.69 Å². The molecule has 1 fully saturated rings. The number of hydrogen-bond donors (Lipinski definition) is 1. The fraction of sp³-hybridized carbons (Fsp3) is 0.417. The Morgan fingerprint density at radius 3 is 2.46 bits per heavy atom. The van der Waals surface area contributed by atoms with E-state index < -0.39 is 5.41 Å². The molecule has 146 valence electrons. The van der Waals surface area contributed by atoms with E-state index >= 15 is 0 Å². The van der Waals surface area contributed by atoms with Gasteiger partial charge >= 0.3 is 0 Å². The maximum absolute atomic E-state index is 13.3. The molecule has 0 atom stereocenters. The minimum Gasteiger partial charge on any atom is -0.492 e. The Balaban J connectivity index is 1.82. The highest BCUT2D eigenvalue weighted by Crippen LogP contribution is 2.42. The molecular formula is C24H28N2O2. The number of anilines is 1. The molecule has 0 aromatic heterocycles. The van der Waals surface area contributed by atoms with Crippen LogP contribution in [-0.2, 0) is 10.2 Å². The zero-order chi connectivity index (χ0) is 20.1. The molecule has 4 nitrogen and oxygen atoms in total. The molecule has 0 aliphatic heterocycles. The summed E-state index contributed by atoms with van der Waals surface area (Å²) < 4.78 is 5.71. The van der Waals surface area contributed by atoms with Crippen LogP contribution in [0.3, 0.4) is 0 Å². The SMILES string of the molecule is Cc1ccc(C2(C(=O)Nc3ccc(OCC(C)C)c(C#N)c3)CCCC2)cc1. The Labute approximate surface area is 167 Å². The third kappa shape index (κ3) is 4.20. The van der Waals surface area contributed by atoms with Crippen molar-refractivity contribution in [2.75, 3.05) is 11.9 Å². The van der Waals surface area contributed by atoms with Gasteiger partial charge in [-0.25, -0.2) is 0 Å². The van der Waals surface area contributed by atoms with E-state index in [0.29, 0.717) is 29.5 Å². The van der Waals surface area contributed by atoms with E-state index in [1.165, 1.54) is 5.56 Å². The maximum Gasteiger partial charge on any atom is 0.235 e. The summed E-state index contributed by atoms with van der Waals surface area (Å²) in [6.45, 7) is 6.73. The lowest BCUT2D eigenvalue weighted by atomic mass is 9.77. The molecule has 4 heteroatoms. The first-order valence-electron chi connectivity index (χ1n) is 10.00. The van der Waals surface area contributed by atoms with E-state index in [1.807, 2.05) is 6.07 Å². The molecule has 0 unspecified atom stereocenters. The molecule has 1 aliphatic carbocycles. The average molecular weight is 377 g/mol. The number of nitrogens with zero attached hydrogens (tertiary/aromatic N) is 1. The zero-order valence-corrected chi connectivity index (χ0v) is 16.9. The second-order valence-corrected chi connectivity index (χ2v) is 8.14. The van der Waals surface area contributed by atoms with Crippen LogP contribution < -0.4 is 10.1 Å². The quantitative estimate of drug-likeness (QED) is 0.739. The van der Waals surface area contributed by atoms with Crippen molar-refractivity contribution in [2.24, 2.45) is 5.92 Å². The van der Waals surface area contributed by atoms with Crippen molar-refractivity contribution in [1.29, 1.82) is 5.26 Å². The molecule has 0 heterocycles. The number of amides is 1. The van der Waals surface area contributed by atoms with E-state index in [2.05, 4.69) is 56.4 Å². The number of ether oxygens (including phenoxy) is 1. The summed E-state index contributed by atoms with van der Waals surface area (Å²) >= 11 is 0. The largest absolute Gasteiger partial charge is 0.492 e. The highest BCUT2D eigenvalue weighted by molar-refractivity contribution is 5.99. The summed E-state index contributed by atoms with van der Waals surface area (Å²) in [5.41, 5.74) is 2.84. The number of rotatable bonds is 6. The number of hydrogen-bond acceptors (Lipinski definition) is 3. The van der Waals surface area contributed by atoms with Crippen LogP contribution in [0.4, 0.5) is 5.69 Å². The first-order valence-corrected chi connectivity index (χ1v) is 10.00. The van der Waals surface area contributed by atoms with Gasteiger partial charge in [0.1, 0.15) is 11.8 Å². The molecule has 0 spiro atoms. The number of nitriles is 1. The monoisotopic (exact) mass is 376 g/mol. The van der Waals surface area contributed by atoms with Crippen LogP contribution in [-0.4, -0.2) is 12.5 Å². The van der Waals surface area contributed by atoms with E-state index in [-0.39, 0.29) is 5.91 Å². The van der Waals surface area contributed by atoms with Gasteiger partial charge in [-0.1, -0.05) is 56.5 Å². The van der Waals surface area contributed by atoms with E-state index in [4.69, 9.17) is 4.74 Å². The lowest BCUT2D eigenvalue weighted by molar-refractivity contribution is -0.121. The Kier molecular flexibility index (Phi) is 6.04. The highest BCUT2D eigenvalue weighted by atomic mass is 16.5. The minimum absolute atomic E-state index is 0.00796. The molecule has 0 bridgehead atoms. The van der Waals surface area contributed by atoms with Crippen LogP contribution in [0.25, 0.3) is 0 Å². The molecule has 1 amide bonds. The summed E-state index contributed by atoms with van der Waals surface area (Å²) in [7, 11) is 0. The van der Waals surface area contributed by atoms with Gasteiger partial charge in [0.05, 0.1) is 17.6 Å². The second kappa shape index (κ2) is 8.48. The summed E-state index contributed by atoms with van der Waals surface area (Å²) in [6, 6.07) is 15.7. The van der Waals surface area contributed by atoms with Gasteiger partial charge in [-0.05, 0) is 49.4 Å². The summed E-state index contributed by atoms with van der Waals surface area (Å²) in [6.07, 6.45) is 3.80. The molecule has 0 saturated heterocycles. The van der Waals surface area contributed by atoms with Gasteiger partial charge in [-0.2, -0.15) is 5.26 Å². The Hall–Kier alpha value is -2.80. The number of aryl methyl sites for hydroxylation is 1. The molecule has 2 aromatic carbocycles. The molecule has 2 aromatic rings. The number of benzene rings is 2. The number of nitrogens with one attached hydrogen (secondary N) is 1. The Morgan fingerprint density at radius 2 is 1.86 bits per heavy atom. The van der Waals surface area contributed by atoms with Crippen molar-refractivity contribution >= 4 is 11.6 Å². The fourth-order valence-electron chi connectivity index (χ4n) is 3.83. The van der Waals surface area contributed by atoms with Crippen molar-refractivity contribution in [1.82, 2.24) is 0 Å². The third-order valence-electron chi connectivity index (χ3n) is 5.43. The topological polar surface area (TPSA) is 62.1 Å². The lowest BCUT2D eigenvalue weighted by Crippen LogP contribution is -2.38. The normalized spacial score (nSPS) is 15.2. The van der Waals surface area contributed by atoms with E-state index in [1.54, 1.807) is 12.1 Å². The number of carbonyl (C=O) groups is 1. The first kappa shape index (κ1) is 19.9. The lowest BCUT2D eigenvalue weighted by Gasteiger charge is -2.28. The van der Waals surface area contributed by atoms with Crippen molar-refractivity contribution in [3.05, 3.63) is 59.2 Å². The van der Waals surface area contributed by atoms with Gasteiger partial charge < -0.3 is 10.1 Å². The van der Waals surface area contributed by atoms with Crippen molar-refractivity contribution < 1.29 is 9.53 Å². The molecule has 0 radical (unpaired) electrons. The van der Waals surface area contributed by atoms with Crippen LogP contribution in [0, 0.1) is 24.2 Å². The van der Waals surface area contributed by atoms with Crippen LogP contribution in [0.1, 0.15) is 56.2 Å². The van der Waals surface area contributed by atoms with Gasteiger partial charge in [-0.15, -0.1) is 0 Å². The summed E-state index contributed by atoms with van der Waals surface area (Å²) in [5, 5.41) is 12.5.